The van der Waals surface area contributed by atoms with Gasteiger partial charge in [0, 0.05) is 25.4 Å². The highest BCUT2D eigenvalue weighted by Crippen LogP contribution is 2.15. The van der Waals surface area contributed by atoms with E-state index >= 15 is 0 Å². The van der Waals surface area contributed by atoms with Crippen molar-refractivity contribution in [3.8, 4) is 11.8 Å². The molecule has 0 atom stereocenters. The molecule has 2 aromatic heterocycles. The molecule has 3 heterocycles. The second kappa shape index (κ2) is 7.16. The summed E-state index contributed by atoms with van der Waals surface area (Å²) >= 11 is 7.13. The van der Waals surface area contributed by atoms with Gasteiger partial charge in [-0.05, 0) is 5.92 Å². The van der Waals surface area contributed by atoms with E-state index in [1.54, 1.807) is 6.20 Å². The van der Waals surface area contributed by atoms with E-state index in [4.69, 9.17) is 16.3 Å². The molecule has 1 aliphatic heterocycles. The minimum atomic E-state index is -0.467. The van der Waals surface area contributed by atoms with Gasteiger partial charge in [0.25, 0.3) is 0 Å². The molecule has 0 bridgehead atoms. The van der Waals surface area contributed by atoms with Gasteiger partial charge >= 0.3 is 0 Å². The van der Waals surface area contributed by atoms with Crippen molar-refractivity contribution in [2.24, 2.45) is 0 Å². The third-order valence-electron chi connectivity index (χ3n) is 3.16. The molecule has 1 aliphatic rings. The van der Waals surface area contributed by atoms with Gasteiger partial charge in [0.05, 0.1) is 36.4 Å². The summed E-state index contributed by atoms with van der Waals surface area (Å²) in [5, 5.41) is 1.12. The third-order valence-corrected chi connectivity index (χ3v) is 4.26. The molecule has 3 rings (SSSR count). The molecule has 4 nitrogen and oxygen atoms in total. The predicted molar refractivity (Wildman–Crippen MR) is 83.4 cm³/mol. The third kappa shape index (κ3) is 4.02. The van der Waals surface area contributed by atoms with Crippen molar-refractivity contribution in [3.63, 3.8) is 0 Å². The number of hydrogen-bond donors (Lipinski definition) is 0. The van der Waals surface area contributed by atoms with Crippen LogP contribution in [0.2, 0.25) is 5.15 Å². The van der Waals surface area contributed by atoms with Crippen LogP contribution in [0.15, 0.2) is 18.5 Å². The lowest BCUT2D eigenvalue weighted by atomic mass is 10.3. The smallest absolute Gasteiger partial charge is 0.143 e. The number of aromatic nitrogens is 2. The SMILES string of the molecule is Fc1cc(Cl)ncc1C#Cc1cnc(CN2CCOCC2)s1. The van der Waals surface area contributed by atoms with E-state index in [2.05, 4.69) is 26.7 Å². The Hall–Kier alpha value is -1.52. The zero-order valence-electron chi connectivity index (χ0n) is 11.7. The molecule has 0 radical (unpaired) electrons. The van der Waals surface area contributed by atoms with E-state index in [9.17, 15) is 4.39 Å². The Morgan fingerprint density at radius 3 is 2.86 bits per heavy atom. The van der Waals surface area contributed by atoms with Crippen LogP contribution in [-0.4, -0.2) is 41.2 Å². The normalized spacial score (nSPS) is 15.4. The second-order valence-electron chi connectivity index (χ2n) is 4.74. The summed E-state index contributed by atoms with van der Waals surface area (Å²) in [4.78, 5) is 11.3. The minimum absolute atomic E-state index is 0.119. The van der Waals surface area contributed by atoms with Gasteiger partial charge in [-0.3, -0.25) is 4.90 Å². The van der Waals surface area contributed by atoms with Crippen LogP contribution in [0.5, 0.6) is 0 Å². The van der Waals surface area contributed by atoms with Crippen LogP contribution in [0.4, 0.5) is 4.39 Å². The Morgan fingerprint density at radius 2 is 2.09 bits per heavy atom. The molecule has 114 valence electrons. The molecule has 0 saturated carbocycles. The van der Waals surface area contributed by atoms with Gasteiger partial charge in [-0.15, -0.1) is 11.3 Å². The van der Waals surface area contributed by atoms with Crippen molar-refractivity contribution in [2.75, 3.05) is 26.3 Å². The lowest BCUT2D eigenvalue weighted by Gasteiger charge is -2.25. The molecule has 7 heteroatoms. The highest BCUT2D eigenvalue weighted by Gasteiger charge is 2.12. The Balaban J connectivity index is 1.68. The first-order chi connectivity index (χ1) is 10.7. The lowest BCUT2D eigenvalue weighted by Crippen LogP contribution is -2.35. The summed E-state index contributed by atoms with van der Waals surface area (Å²) < 4.78 is 18.9. The van der Waals surface area contributed by atoms with Crippen molar-refractivity contribution >= 4 is 22.9 Å². The summed E-state index contributed by atoms with van der Waals surface area (Å²) in [6.07, 6.45) is 3.05. The van der Waals surface area contributed by atoms with Crippen LogP contribution >= 0.6 is 22.9 Å². The lowest BCUT2D eigenvalue weighted by molar-refractivity contribution is 0.0341. The van der Waals surface area contributed by atoms with Crippen molar-refractivity contribution in [3.05, 3.63) is 44.9 Å². The van der Waals surface area contributed by atoms with Gasteiger partial charge in [-0.25, -0.2) is 14.4 Å². The molecular weight excluding hydrogens is 325 g/mol. The average molecular weight is 338 g/mol. The number of morpholine rings is 1. The maximum Gasteiger partial charge on any atom is 0.143 e. The number of rotatable bonds is 2. The van der Waals surface area contributed by atoms with Gasteiger partial charge in [0.15, 0.2) is 0 Å². The molecule has 1 fully saturated rings. The van der Waals surface area contributed by atoms with Gasteiger partial charge in [0.1, 0.15) is 16.0 Å². The predicted octanol–water partition coefficient (Wildman–Crippen LogP) is 2.56. The highest BCUT2D eigenvalue weighted by atomic mass is 35.5. The Bertz CT molecular complexity index is 719. The first-order valence-corrected chi connectivity index (χ1v) is 7.98. The van der Waals surface area contributed by atoms with Crippen LogP contribution in [0, 0.1) is 17.7 Å². The monoisotopic (exact) mass is 337 g/mol. The number of pyridine rings is 1. The number of hydrogen-bond acceptors (Lipinski definition) is 5. The van der Waals surface area contributed by atoms with Crippen molar-refractivity contribution < 1.29 is 9.13 Å². The van der Waals surface area contributed by atoms with Crippen molar-refractivity contribution in [1.82, 2.24) is 14.9 Å². The molecule has 0 unspecified atom stereocenters. The fourth-order valence-electron chi connectivity index (χ4n) is 2.02. The highest BCUT2D eigenvalue weighted by molar-refractivity contribution is 7.12. The minimum Gasteiger partial charge on any atom is -0.379 e. The maximum atomic E-state index is 13.6. The summed E-state index contributed by atoms with van der Waals surface area (Å²) in [5.74, 6) is 5.22. The molecule has 0 aromatic carbocycles. The summed E-state index contributed by atoms with van der Waals surface area (Å²) in [6, 6.07) is 1.15. The quantitative estimate of drug-likeness (QED) is 0.623. The van der Waals surface area contributed by atoms with E-state index in [-0.39, 0.29) is 10.7 Å². The first kappa shape index (κ1) is 15.4. The molecule has 0 N–H and O–H groups in total. The van der Waals surface area contributed by atoms with Gasteiger partial charge < -0.3 is 4.74 Å². The molecule has 0 amide bonds. The van der Waals surface area contributed by atoms with E-state index in [0.29, 0.717) is 0 Å². The van der Waals surface area contributed by atoms with E-state index in [1.165, 1.54) is 17.5 Å². The maximum absolute atomic E-state index is 13.6. The standard InChI is InChI=1S/C15H13ClFN3OS/c16-14-7-13(17)11(8-18-14)1-2-12-9-19-15(22-12)10-20-3-5-21-6-4-20/h7-9H,3-6,10H2. The van der Waals surface area contributed by atoms with Gasteiger partial charge in [-0.1, -0.05) is 17.5 Å². The van der Waals surface area contributed by atoms with Crippen molar-refractivity contribution in [2.45, 2.75) is 6.54 Å². The van der Waals surface area contributed by atoms with Crippen LogP contribution in [0.3, 0.4) is 0 Å². The number of halogens is 2. The molecular formula is C15H13ClFN3OS. The number of thiazole rings is 1. The summed E-state index contributed by atoms with van der Waals surface area (Å²) in [7, 11) is 0. The fraction of sp³-hybridized carbons (Fsp3) is 0.333. The molecule has 0 spiro atoms. The fourth-order valence-corrected chi connectivity index (χ4v) is 2.98. The van der Waals surface area contributed by atoms with Crippen LogP contribution < -0.4 is 0 Å². The molecule has 1 saturated heterocycles. The van der Waals surface area contributed by atoms with Gasteiger partial charge in [-0.2, -0.15) is 0 Å². The Kier molecular flexibility index (Phi) is 5.01. The average Bonchev–Trinajstić information content (AvgIpc) is 2.95. The topological polar surface area (TPSA) is 38.2 Å². The molecule has 2 aromatic rings. The summed E-state index contributed by atoms with van der Waals surface area (Å²) in [6.45, 7) is 4.17. The van der Waals surface area contributed by atoms with E-state index < -0.39 is 5.82 Å². The largest absolute Gasteiger partial charge is 0.379 e. The number of ether oxygens (including phenoxy) is 1. The Labute approximate surface area is 136 Å². The van der Waals surface area contributed by atoms with Crippen LogP contribution in [-0.2, 0) is 11.3 Å². The second-order valence-corrected chi connectivity index (χ2v) is 6.25. The Morgan fingerprint density at radius 1 is 1.27 bits per heavy atom. The zero-order valence-corrected chi connectivity index (χ0v) is 13.3. The van der Waals surface area contributed by atoms with Crippen molar-refractivity contribution in [1.29, 1.82) is 0 Å². The number of nitrogens with zero attached hydrogens (tertiary/aromatic N) is 3. The molecule has 0 aliphatic carbocycles. The van der Waals surface area contributed by atoms with Gasteiger partial charge in [0.2, 0.25) is 0 Å². The van der Waals surface area contributed by atoms with Crippen LogP contribution in [0.25, 0.3) is 0 Å². The first-order valence-electron chi connectivity index (χ1n) is 6.78. The van der Waals surface area contributed by atoms with Crippen LogP contribution in [0.1, 0.15) is 15.4 Å². The van der Waals surface area contributed by atoms with E-state index in [0.717, 1.165) is 48.8 Å². The molecule has 22 heavy (non-hydrogen) atoms. The summed E-state index contributed by atoms with van der Waals surface area (Å²) in [5.41, 5.74) is 0.229. The zero-order chi connectivity index (χ0) is 15.4. The van der Waals surface area contributed by atoms with E-state index in [1.807, 2.05) is 0 Å².